The molecule has 2 saturated carbocycles. The molecule has 220 valence electrons. The molecular formula is C35H47N3O3. The summed E-state index contributed by atoms with van der Waals surface area (Å²) in [5.74, 6) is -0.165. The van der Waals surface area contributed by atoms with E-state index in [0.717, 1.165) is 12.0 Å². The summed E-state index contributed by atoms with van der Waals surface area (Å²) in [7, 11) is 0. The van der Waals surface area contributed by atoms with Gasteiger partial charge in [0, 0.05) is 49.5 Å². The fourth-order valence-electron chi connectivity index (χ4n) is 7.31. The van der Waals surface area contributed by atoms with E-state index in [1.165, 1.54) is 81.0 Å². The van der Waals surface area contributed by atoms with Crippen molar-refractivity contribution in [3.05, 3.63) is 53.6 Å². The van der Waals surface area contributed by atoms with Crippen LogP contribution in [0.1, 0.15) is 99.9 Å². The average Bonchev–Trinajstić information content (AvgIpc) is 3.77. The Morgan fingerprint density at radius 1 is 0.756 bits per heavy atom. The molecule has 6 nitrogen and oxygen atoms in total. The van der Waals surface area contributed by atoms with Gasteiger partial charge in [0.15, 0.2) is 0 Å². The van der Waals surface area contributed by atoms with Gasteiger partial charge >= 0.3 is 0 Å². The van der Waals surface area contributed by atoms with Crippen LogP contribution in [0.2, 0.25) is 0 Å². The highest BCUT2D eigenvalue weighted by Gasteiger charge is 2.50. The first-order valence-corrected chi connectivity index (χ1v) is 16.3. The molecule has 41 heavy (non-hydrogen) atoms. The number of benzene rings is 2. The Kier molecular flexibility index (Phi) is 8.39. The van der Waals surface area contributed by atoms with E-state index < -0.39 is 5.60 Å². The van der Waals surface area contributed by atoms with Crippen LogP contribution >= 0.6 is 0 Å². The van der Waals surface area contributed by atoms with Crippen molar-refractivity contribution in [2.24, 2.45) is 0 Å². The van der Waals surface area contributed by atoms with Crippen LogP contribution in [0.25, 0.3) is 11.1 Å². The number of aryl methyl sites for hydroxylation is 1. The molecule has 1 saturated heterocycles. The average molecular weight is 558 g/mol. The van der Waals surface area contributed by atoms with Crippen LogP contribution in [0.3, 0.4) is 0 Å². The third kappa shape index (κ3) is 6.18. The fourth-order valence-corrected chi connectivity index (χ4v) is 7.31. The summed E-state index contributed by atoms with van der Waals surface area (Å²) in [5, 5.41) is 10.1. The minimum absolute atomic E-state index is 0.00885. The van der Waals surface area contributed by atoms with Crippen molar-refractivity contribution >= 4 is 17.5 Å². The molecule has 1 N–H and O–H groups in total. The first-order valence-electron chi connectivity index (χ1n) is 16.3. The van der Waals surface area contributed by atoms with Gasteiger partial charge in [-0.05, 0) is 86.4 Å². The van der Waals surface area contributed by atoms with Crippen molar-refractivity contribution < 1.29 is 14.7 Å². The number of rotatable bonds is 4. The van der Waals surface area contributed by atoms with Crippen molar-refractivity contribution in [2.75, 3.05) is 31.1 Å². The maximum Gasteiger partial charge on any atom is 0.254 e. The van der Waals surface area contributed by atoms with E-state index in [2.05, 4.69) is 42.2 Å². The lowest BCUT2D eigenvalue weighted by Gasteiger charge is -2.43. The zero-order valence-corrected chi connectivity index (χ0v) is 24.8. The lowest BCUT2D eigenvalue weighted by Crippen LogP contribution is -2.53. The molecule has 0 spiro atoms. The van der Waals surface area contributed by atoms with E-state index in [-0.39, 0.29) is 11.8 Å². The minimum atomic E-state index is -1.14. The summed E-state index contributed by atoms with van der Waals surface area (Å²) in [6.07, 6.45) is 15.7. The quantitative estimate of drug-likeness (QED) is 0.486. The van der Waals surface area contributed by atoms with Gasteiger partial charge < -0.3 is 19.8 Å². The van der Waals surface area contributed by atoms with Crippen LogP contribution in [-0.4, -0.2) is 70.6 Å². The smallest absolute Gasteiger partial charge is 0.254 e. The van der Waals surface area contributed by atoms with E-state index in [4.69, 9.17) is 0 Å². The molecule has 0 bridgehead atoms. The SMILES string of the molecule is CC1CCc2cc(-c3ccc(C(=O)N4CCN(C(=O)C5(O)CC5)CC4)cc3)ccc2N1C1CCCCCCCCC1. The first kappa shape index (κ1) is 28.3. The summed E-state index contributed by atoms with van der Waals surface area (Å²) < 4.78 is 0. The molecule has 6 rings (SSSR count). The van der Waals surface area contributed by atoms with Crippen molar-refractivity contribution in [1.29, 1.82) is 0 Å². The Labute approximate surface area is 245 Å². The normalized spacial score (nSPS) is 23.6. The van der Waals surface area contributed by atoms with Gasteiger partial charge in [-0.2, -0.15) is 0 Å². The van der Waals surface area contributed by atoms with E-state index >= 15 is 0 Å². The highest BCUT2D eigenvalue weighted by atomic mass is 16.3. The predicted molar refractivity (Wildman–Crippen MR) is 164 cm³/mol. The van der Waals surface area contributed by atoms with E-state index in [0.29, 0.717) is 56.7 Å². The summed E-state index contributed by atoms with van der Waals surface area (Å²) in [6, 6.07) is 16.3. The molecule has 2 aromatic rings. The molecule has 0 aromatic heterocycles. The number of piperazine rings is 1. The third-order valence-electron chi connectivity index (χ3n) is 10.1. The lowest BCUT2D eigenvalue weighted by atomic mass is 9.89. The topological polar surface area (TPSA) is 64.1 Å². The van der Waals surface area contributed by atoms with Gasteiger partial charge in [-0.25, -0.2) is 0 Å². The van der Waals surface area contributed by atoms with Crippen LogP contribution < -0.4 is 4.90 Å². The molecule has 2 amide bonds. The highest BCUT2D eigenvalue weighted by Crippen LogP contribution is 2.38. The van der Waals surface area contributed by atoms with Gasteiger partial charge in [0.2, 0.25) is 0 Å². The van der Waals surface area contributed by atoms with Gasteiger partial charge in [-0.15, -0.1) is 0 Å². The maximum atomic E-state index is 13.2. The number of hydrogen-bond donors (Lipinski definition) is 1. The van der Waals surface area contributed by atoms with Gasteiger partial charge in [0.05, 0.1) is 0 Å². The molecule has 3 fully saturated rings. The van der Waals surface area contributed by atoms with Crippen LogP contribution in [0.15, 0.2) is 42.5 Å². The number of hydrogen-bond acceptors (Lipinski definition) is 4. The number of aliphatic hydroxyl groups is 1. The molecule has 6 heteroatoms. The Bertz CT molecular complexity index is 1220. The van der Waals surface area contributed by atoms with Crippen molar-refractivity contribution in [2.45, 2.75) is 108 Å². The molecular weight excluding hydrogens is 510 g/mol. The summed E-state index contributed by atoms with van der Waals surface area (Å²) in [6.45, 7) is 4.39. The molecule has 2 aliphatic carbocycles. The van der Waals surface area contributed by atoms with Gasteiger partial charge in [-0.3, -0.25) is 9.59 Å². The largest absolute Gasteiger partial charge is 0.380 e. The number of carbonyl (C=O) groups is 2. The zero-order valence-electron chi connectivity index (χ0n) is 24.8. The second-order valence-corrected chi connectivity index (χ2v) is 13.0. The Hall–Kier alpha value is -2.86. The van der Waals surface area contributed by atoms with E-state index in [1.807, 2.05) is 17.0 Å². The van der Waals surface area contributed by atoms with Gasteiger partial charge in [-0.1, -0.05) is 63.1 Å². The summed E-state index contributed by atoms with van der Waals surface area (Å²) >= 11 is 0. The number of amides is 2. The van der Waals surface area contributed by atoms with Crippen LogP contribution in [0.4, 0.5) is 5.69 Å². The molecule has 2 aliphatic heterocycles. The van der Waals surface area contributed by atoms with Crippen molar-refractivity contribution in [1.82, 2.24) is 9.80 Å². The van der Waals surface area contributed by atoms with Gasteiger partial charge in [0.25, 0.3) is 11.8 Å². The van der Waals surface area contributed by atoms with Crippen LogP contribution in [-0.2, 0) is 11.2 Å². The molecule has 2 aromatic carbocycles. The second kappa shape index (κ2) is 12.2. The Balaban J connectivity index is 1.12. The molecule has 0 radical (unpaired) electrons. The second-order valence-electron chi connectivity index (χ2n) is 13.0. The lowest BCUT2D eigenvalue weighted by molar-refractivity contribution is -0.143. The maximum absolute atomic E-state index is 13.2. The summed E-state index contributed by atoms with van der Waals surface area (Å²) in [5.41, 5.74) is 4.80. The number of fused-ring (bicyclic) bond motifs is 1. The van der Waals surface area contributed by atoms with E-state index in [9.17, 15) is 14.7 Å². The van der Waals surface area contributed by atoms with E-state index in [1.54, 1.807) is 4.90 Å². The number of anilines is 1. The monoisotopic (exact) mass is 557 g/mol. The van der Waals surface area contributed by atoms with Crippen molar-refractivity contribution in [3.8, 4) is 11.1 Å². The van der Waals surface area contributed by atoms with Crippen LogP contribution in [0, 0.1) is 0 Å². The third-order valence-corrected chi connectivity index (χ3v) is 10.1. The molecule has 4 aliphatic rings. The zero-order chi connectivity index (χ0) is 28.4. The number of carbonyl (C=O) groups excluding carboxylic acids is 2. The summed E-state index contributed by atoms with van der Waals surface area (Å²) in [4.78, 5) is 31.9. The van der Waals surface area contributed by atoms with Crippen molar-refractivity contribution in [3.63, 3.8) is 0 Å². The van der Waals surface area contributed by atoms with Gasteiger partial charge in [0.1, 0.15) is 5.60 Å². The fraction of sp³-hybridized carbons (Fsp3) is 0.600. The molecule has 1 unspecified atom stereocenters. The standard InChI is InChI=1S/C35H47N3O3/c1-26-11-12-30-25-29(17-18-32(30)38(26)31-9-7-5-3-2-4-6-8-10-31)27-13-15-28(16-14-27)33(39)36-21-23-37(24-22-36)34(40)35(41)19-20-35/h13-18,25-26,31,41H,2-12,19-24H2,1H3. The number of nitrogens with zero attached hydrogens (tertiary/aromatic N) is 3. The van der Waals surface area contributed by atoms with Crippen LogP contribution in [0.5, 0.6) is 0 Å². The highest BCUT2D eigenvalue weighted by molar-refractivity contribution is 5.95. The predicted octanol–water partition coefficient (Wildman–Crippen LogP) is 6.20. The minimum Gasteiger partial charge on any atom is -0.380 e. The molecule has 2 heterocycles. The Morgan fingerprint density at radius 3 is 1.98 bits per heavy atom. The Morgan fingerprint density at radius 2 is 1.34 bits per heavy atom. The molecule has 1 atom stereocenters. The first-order chi connectivity index (χ1) is 19.9.